The number of nitrogens with one attached hydrogen (secondary N) is 1. The van der Waals surface area contributed by atoms with Crippen molar-refractivity contribution >= 4 is 11.3 Å². The fraction of sp³-hybridized carbons (Fsp3) is 0.500. The van der Waals surface area contributed by atoms with Crippen molar-refractivity contribution in [1.29, 1.82) is 0 Å². The fourth-order valence-electron chi connectivity index (χ4n) is 2.37. The van der Waals surface area contributed by atoms with Gasteiger partial charge in [0.05, 0.1) is 17.2 Å². The molecule has 1 heterocycles. The highest BCUT2D eigenvalue weighted by Gasteiger charge is 2.16. The van der Waals surface area contributed by atoms with Crippen molar-refractivity contribution in [1.82, 2.24) is 10.3 Å². The van der Waals surface area contributed by atoms with Crippen LogP contribution in [0.15, 0.2) is 35.2 Å². The zero-order chi connectivity index (χ0) is 15.3. The van der Waals surface area contributed by atoms with E-state index in [2.05, 4.69) is 67.6 Å². The van der Waals surface area contributed by atoms with Gasteiger partial charge in [-0.25, -0.2) is 4.98 Å². The second-order valence-electron chi connectivity index (χ2n) is 6.57. The third-order valence-corrected chi connectivity index (χ3v) is 4.31. The maximum Gasteiger partial charge on any atom is 0.0795 e. The highest BCUT2D eigenvalue weighted by atomic mass is 32.1. The first-order valence-electron chi connectivity index (χ1n) is 7.71. The van der Waals surface area contributed by atoms with E-state index in [0.717, 1.165) is 25.1 Å². The summed E-state index contributed by atoms with van der Waals surface area (Å²) in [5, 5.41) is 5.76. The molecule has 1 aromatic carbocycles. The quantitative estimate of drug-likeness (QED) is 0.835. The van der Waals surface area contributed by atoms with Gasteiger partial charge in [0.2, 0.25) is 0 Å². The van der Waals surface area contributed by atoms with Gasteiger partial charge in [0, 0.05) is 5.38 Å². The molecule has 21 heavy (non-hydrogen) atoms. The lowest BCUT2D eigenvalue weighted by Crippen LogP contribution is -2.24. The Kier molecular flexibility index (Phi) is 5.54. The minimum absolute atomic E-state index is 0.216. The van der Waals surface area contributed by atoms with Gasteiger partial charge in [-0.2, -0.15) is 0 Å². The molecular formula is C18H26N2S. The van der Waals surface area contributed by atoms with Crippen LogP contribution >= 0.6 is 11.3 Å². The van der Waals surface area contributed by atoms with E-state index in [1.165, 1.54) is 11.1 Å². The zero-order valence-corrected chi connectivity index (χ0v) is 14.3. The first-order valence-corrected chi connectivity index (χ1v) is 8.66. The average molecular weight is 302 g/mol. The molecule has 0 amide bonds. The van der Waals surface area contributed by atoms with Gasteiger partial charge in [0.1, 0.15) is 0 Å². The Morgan fingerprint density at radius 1 is 1.19 bits per heavy atom. The van der Waals surface area contributed by atoms with Gasteiger partial charge in [-0.1, -0.05) is 52.0 Å². The van der Waals surface area contributed by atoms with Gasteiger partial charge in [-0.3, -0.25) is 0 Å². The summed E-state index contributed by atoms with van der Waals surface area (Å²) in [7, 11) is 0. The highest BCUT2D eigenvalue weighted by molar-refractivity contribution is 7.07. The summed E-state index contributed by atoms with van der Waals surface area (Å²) >= 11 is 1.67. The molecule has 0 saturated carbocycles. The molecule has 3 heteroatoms. The first-order chi connectivity index (χ1) is 10.0. The molecule has 1 N–H and O–H groups in total. The lowest BCUT2D eigenvalue weighted by Gasteiger charge is -2.20. The van der Waals surface area contributed by atoms with Crippen LogP contribution in [0.3, 0.4) is 0 Å². The summed E-state index contributed by atoms with van der Waals surface area (Å²) in [5.74, 6) is 0. The van der Waals surface area contributed by atoms with Crippen LogP contribution in [0.1, 0.15) is 57.0 Å². The second-order valence-corrected chi connectivity index (χ2v) is 7.29. The Bertz CT molecular complexity index is 523. The molecule has 0 fully saturated rings. The van der Waals surface area contributed by atoms with E-state index in [1.54, 1.807) is 11.3 Å². The van der Waals surface area contributed by atoms with Crippen molar-refractivity contribution in [2.24, 2.45) is 0 Å². The van der Waals surface area contributed by atoms with Gasteiger partial charge >= 0.3 is 0 Å². The van der Waals surface area contributed by atoms with Crippen molar-refractivity contribution in [3.05, 3.63) is 52.0 Å². The van der Waals surface area contributed by atoms with E-state index < -0.39 is 0 Å². The summed E-state index contributed by atoms with van der Waals surface area (Å²) in [6, 6.07) is 9.35. The minimum atomic E-state index is 0.216. The van der Waals surface area contributed by atoms with E-state index in [-0.39, 0.29) is 5.41 Å². The van der Waals surface area contributed by atoms with Gasteiger partial charge in [-0.05, 0) is 35.9 Å². The first kappa shape index (κ1) is 16.2. The SMILES string of the molecule is CCCNC(Cc1ccc(C(C)(C)C)cc1)c1cscn1. The Balaban J connectivity index is 2.09. The van der Waals surface area contributed by atoms with Gasteiger partial charge in [-0.15, -0.1) is 11.3 Å². The monoisotopic (exact) mass is 302 g/mol. The van der Waals surface area contributed by atoms with Crippen LogP contribution in [0, 0.1) is 0 Å². The number of nitrogens with zero attached hydrogens (tertiary/aromatic N) is 1. The molecule has 0 bridgehead atoms. The van der Waals surface area contributed by atoms with E-state index in [4.69, 9.17) is 0 Å². The number of hydrogen-bond acceptors (Lipinski definition) is 3. The molecule has 0 aliphatic heterocycles. The van der Waals surface area contributed by atoms with Crippen molar-refractivity contribution in [3.8, 4) is 0 Å². The summed E-state index contributed by atoms with van der Waals surface area (Å²) in [4.78, 5) is 4.48. The topological polar surface area (TPSA) is 24.9 Å². The summed E-state index contributed by atoms with van der Waals surface area (Å²) in [6.45, 7) is 9.99. The summed E-state index contributed by atoms with van der Waals surface area (Å²) in [6.07, 6.45) is 2.14. The maximum absolute atomic E-state index is 4.48. The van der Waals surface area contributed by atoms with E-state index in [1.807, 2.05) is 5.51 Å². The Hall–Kier alpha value is -1.19. The van der Waals surface area contributed by atoms with Crippen molar-refractivity contribution in [2.75, 3.05) is 6.54 Å². The van der Waals surface area contributed by atoms with Crippen molar-refractivity contribution < 1.29 is 0 Å². The highest BCUT2D eigenvalue weighted by Crippen LogP contribution is 2.24. The lowest BCUT2D eigenvalue weighted by molar-refractivity contribution is 0.519. The molecule has 2 aromatic rings. The smallest absolute Gasteiger partial charge is 0.0795 e. The summed E-state index contributed by atoms with van der Waals surface area (Å²) in [5.41, 5.74) is 6.04. The molecule has 0 aliphatic rings. The molecule has 2 nitrogen and oxygen atoms in total. The lowest BCUT2D eigenvalue weighted by atomic mass is 9.86. The Morgan fingerprint density at radius 2 is 1.90 bits per heavy atom. The van der Waals surface area contributed by atoms with Crippen LogP contribution in [0.2, 0.25) is 0 Å². The van der Waals surface area contributed by atoms with Crippen LogP contribution in [0.5, 0.6) is 0 Å². The van der Waals surface area contributed by atoms with Crippen LogP contribution in [0.4, 0.5) is 0 Å². The number of thiazole rings is 1. The van der Waals surface area contributed by atoms with Gasteiger partial charge < -0.3 is 5.32 Å². The molecule has 0 radical (unpaired) electrons. The fourth-order valence-corrected chi connectivity index (χ4v) is 2.98. The Labute approximate surface area is 132 Å². The second kappa shape index (κ2) is 7.19. The molecule has 0 saturated heterocycles. The number of benzene rings is 1. The van der Waals surface area contributed by atoms with Gasteiger partial charge in [0.25, 0.3) is 0 Å². The van der Waals surface area contributed by atoms with Crippen molar-refractivity contribution in [3.63, 3.8) is 0 Å². The Morgan fingerprint density at radius 3 is 2.43 bits per heavy atom. The van der Waals surface area contributed by atoms with Crippen LogP contribution in [-0.4, -0.2) is 11.5 Å². The molecule has 0 aliphatic carbocycles. The van der Waals surface area contributed by atoms with Crippen LogP contribution < -0.4 is 5.32 Å². The largest absolute Gasteiger partial charge is 0.308 e. The summed E-state index contributed by atoms with van der Waals surface area (Å²) < 4.78 is 0. The predicted molar refractivity (Wildman–Crippen MR) is 92.0 cm³/mol. The molecular weight excluding hydrogens is 276 g/mol. The predicted octanol–water partition coefficient (Wildman–Crippen LogP) is 4.72. The van der Waals surface area contributed by atoms with Crippen LogP contribution in [0.25, 0.3) is 0 Å². The molecule has 1 aromatic heterocycles. The van der Waals surface area contributed by atoms with E-state index in [0.29, 0.717) is 6.04 Å². The molecule has 1 unspecified atom stereocenters. The van der Waals surface area contributed by atoms with Crippen molar-refractivity contribution in [2.45, 2.75) is 52.0 Å². The van der Waals surface area contributed by atoms with Crippen LogP contribution in [-0.2, 0) is 11.8 Å². The van der Waals surface area contributed by atoms with E-state index >= 15 is 0 Å². The van der Waals surface area contributed by atoms with E-state index in [9.17, 15) is 0 Å². The third kappa shape index (κ3) is 4.65. The number of rotatable bonds is 6. The maximum atomic E-state index is 4.48. The molecule has 2 rings (SSSR count). The number of aromatic nitrogens is 1. The molecule has 0 spiro atoms. The molecule has 114 valence electrons. The zero-order valence-electron chi connectivity index (χ0n) is 13.5. The van der Waals surface area contributed by atoms with Gasteiger partial charge in [0.15, 0.2) is 0 Å². The third-order valence-electron chi connectivity index (χ3n) is 3.71. The normalized spacial score (nSPS) is 13.3. The average Bonchev–Trinajstić information content (AvgIpc) is 2.97. The molecule has 1 atom stereocenters. The minimum Gasteiger partial charge on any atom is -0.308 e. The number of hydrogen-bond donors (Lipinski definition) is 1. The standard InChI is InChI=1S/C18H26N2S/c1-5-10-19-16(17-12-21-13-20-17)11-14-6-8-15(9-7-14)18(2,3)4/h6-9,12-13,16,19H,5,10-11H2,1-4H3.